The molecule has 6 heteroatoms. The quantitative estimate of drug-likeness (QED) is 0.908. The molecule has 1 unspecified atom stereocenters. The third kappa shape index (κ3) is 2.44. The van der Waals surface area contributed by atoms with Gasteiger partial charge in [0.1, 0.15) is 5.54 Å². The summed E-state index contributed by atoms with van der Waals surface area (Å²) in [5.74, 6) is -0.760. The van der Waals surface area contributed by atoms with Crippen molar-refractivity contribution in [2.75, 3.05) is 6.54 Å². The number of carboxylic acids is 1. The molecule has 0 bridgehead atoms. The molecular formula is C14H22ClN3O2. The molecule has 0 saturated carbocycles. The van der Waals surface area contributed by atoms with Crippen molar-refractivity contribution in [2.45, 2.75) is 58.7 Å². The second kappa shape index (κ2) is 5.74. The molecular weight excluding hydrogens is 278 g/mol. The van der Waals surface area contributed by atoms with Gasteiger partial charge in [0.25, 0.3) is 0 Å². The van der Waals surface area contributed by atoms with Crippen LogP contribution in [0.3, 0.4) is 0 Å². The number of aryl methyl sites for hydroxylation is 2. The number of aliphatic carboxylic acids is 1. The Kier molecular flexibility index (Phi) is 4.39. The Balaban J connectivity index is 2.30. The number of hydrogen-bond donors (Lipinski definition) is 1. The van der Waals surface area contributed by atoms with Crippen LogP contribution in [0.2, 0.25) is 5.02 Å². The van der Waals surface area contributed by atoms with Crippen LogP contribution in [-0.4, -0.2) is 37.8 Å². The van der Waals surface area contributed by atoms with E-state index in [1.165, 1.54) is 0 Å². The van der Waals surface area contributed by atoms with Crippen LogP contribution >= 0.6 is 11.6 Å². The maximum atomic E-state index is 11.5. The molecule has 1 aromatic heterocycles. The lowest BCUT2D eigenvalue weighted by atomic mass is 9.99. The lowest BCUT2D eigenvalue weighted by Gasteiger charge is -2.31. The predicted octanol–water partition coefficient (Wildman–Crippen LogP) is 2.56. The number of hydrogen-bond acceptors (Lipinski definition) is 3. The molecule has 1 N–H and O–H groups in total. The lowest BCUT2D eigenvalue weighted by Crippen LogP contribution is -2.47. The summed E-state index contributed by atoms with van der Waals surface area (Å²) >= 11 is 6.40. The van der Waals surface area contributed by atoms with E-state index >= 15 is 0 Å². The van der Waals surface area contributed by atoms with Gasteiger partial charge in [0.2, 0.25) is 0 Å². The van der Waals surface area contributed by atoms with Gasteiger partial charge in [-0.05, 0) is 39.7 Å². The normalized spacial score (nSPS) is 23.4. The van der Waals surface area contributed by atoms with Crippen LogP contribution in [0.5, 0.6) is 0 Å². The number of rotatable bonds is 5. The number of carboxylic acid groups (broad SMARTS) is 1. The molecule has 1 saturated heterocycles. The van der Waals surface area contributed by atoms with Gasteiger partial charge in [-0.1, -0.05) is 18.5 Å². The van der Waals surface area contributed by atoms with E-state index in [1.54, 1.807) is 6.92 Å². The molecule has 20 heavy (non-hydrogen) atoms. The van der Waals surface area contributed by atoms with Gasteiger partial charge in [-0.15, -0.1) is 0 Å². The Labute approximate surface area is 124 Å². The first kappa shape index (κ1) is 15.3. The standard InChI is InChI=1S/C14H22ClN3O2/c1-4-10-12(15)11(18(5-2)16-10)9-17-8-6-7-14(17,3)13(19)20/h4-9H2,1-3H3,(H,19,20). The molecule has 0 aliphatic carbocycles. The van der Waals surface area contributed by atoms with Gasteiger partial charge in [-0.3, -0.25) is 14.4 Å². The monoisotopic (exact) mass is 299 g/mol. The van der Waals surface area contributed by atoms with Crippen molar-refractivity contribution in [3.8, 4) is 0 Å². The van der Waals surface area contributed by atoms with Crippen molar-refractivity contribution in [1.82, 2.24) is 14.7 Å². The summed E-state index contributed by atoms with van der Waals surface area (Å²) in [5, 5.41) is 14.7. The molecule has 1 fully saturated rings. The largest absolute Gasteiger partial charge is 0.480 e. The van der Waals surface area contributed by atoms with E-state index in [0.29, 0.717) is 18.0 Å². The third-order valence-electron chi connectivity index (χ3n) is 4.29. The van der Waals surface area contributed by atoms with Crippen LogP contribution in [-0.2, 0) is 24.3 Å². The van der Waals surface area contributed by atoms with Crippen LogP contribution < -0.4 is 0 Å². The van der Waals surface area contributed by atoms with E-state index in [9.17, 15) is 9.90 Å². The molecule has 2 heterocycles. The van der Waals surface area contributed by atoms with Gasteiger partial charge in [-0.25, -0.2) is 0 Å². The van der Waals surface area contributed by atoms with Crippen molar-refractivity contribution in [1.29, 1.82) is 0 Å². The highest BCUT2D eigenvalue weighted by Crippen LogP contribution is 2.33. The molecule has 5 nitrogen and oxygen atoms in total. The smallest absolute Gasteiger partial charge is 0.323 e. The van der Waals surface area contributed by atoms with Crippen LogP contribution in [0.25, 0.3) is 0 Å². The van der Waals surface area contributed by atoms with Crippen molar-refractivity contribution in [3.05, 3.63) is 16.4 Å². The zero-order chi connectivity index (χ0) is 14.9. The van der Waals surface area contributed by atoms with Gasteiger partial charge >= 0.3 is 5.97 Å². The minimum atomic E-state index is -0.793. The van der Waals surface area contributed by atoms with Gasteiger partial charge in [0.15, 0.2) is 0 Å². The fourth-order valence-corrected chi connectivity index (χ4v) is 3.19. The van der Waals surface area contributed by atoms with E-state index in [1.807, 2.05) is 23.4 Å². The van der Waals surface area contributed by atoms with E-state index in [0.717, 1.165) is 37.3 Å². The summed E-state index contributed by atoms with van der Waals surface area (Å²) in [4.78, 5) is 13.5. The average molecular weight is 300 g/mol. The Hall–Kier alpha value is -1.07. The van der Waals surface area contributed by atoms with Gasteiger partial charge < -0.3 is 5.11 Å². The summed E-state index contributed by atoms with van der Waals surface area (Å²) in [5.41, 5.74) is 1.03. The fourth-order valence-electron chi connectivity index (χ4n) is 2.86. The maximum absolute atomic E-state index is 11.5. The number of nitrogens with zero attached hydrogens (tertiary/aromatic N) is 3. The van der Waals surface area contributed by atoms with Gasteiger partial charge in [0, 0.05) is 13.1 Å². The molecule has 0 aromatic carbocycles. The summed E-state index contributed by atoms with van der Waals surface area (Å²) in [6, 6.07) is 0. The number of halogens is 1. The highest BCUT2D eigenvalue weighted by atomic mass is 35.5. The minimum Gasteiger partial charge on any atom is -0.480 e. The molecule has 1 aromatic rings. The van der Waals surface area contributed by atoms with Gasteiger partial charge in [0.05, 0.1) is 16.4 Å². The fraction of sp³-hybridized carbons (Fsp3) is 0.714. The highest BCUT2D eigenvalue weighted by Gasteiger charge is 2.43. The molecule has 112 valence electrons. The van der Waals surface area contributed by atoms with E-state index in [4.69, 9.17) is 11.6 Å². The molecule has 0 radical (unpaired) electrons. The van der Waals surface area contributed by atoms with E-state index in [2.05, 4.69) is 5.10 Å². The zero-order valence-electron chi connectivity index (χ0n) is 12.3. The Morgan fingerprint density at radius 3 is 2.75 bits per heavy atom. The molecule has 1 aliphatic rings. The molecule has 0 spiro atoms. The minimum absolute atomic E-state index is 0.544. The molecule has 1 atom stereocenters. The first-order valence-electron chi connectivity index (χ1n) is 7.16. The highest BCUT2D eigenvalue weighted by molar-refractivity contribution is 6.31. The van der Waals surface area contributed by atoms with Crippen molar-refractivity contribution >= 4 is 17.6 Å². The first-order valence-corrected chi connectivity index (χ1v) is 7.54. The Morgan fingerprint density at radius 2 is 2.20 bits per heavy atom. The second-order valence-corrected chi connectivity index (χ2v) is 5.86. The topological polar surface area (TPSA) is 58.4 Å². The van der Waals surface area contributed by atoms with E-state index < -0.39 is 11.5 Å². The van der Waals surface area contributed by atoms with Crippen molar-refractivity contribution in [3.63, 3.8) is 0 Å². The van der Waals surface area contributed by atoms with E-state index in [-0.39, 0.29) is 0 Å². The summed E-state index contributed by atoms with van der Waals surface area (Å²) in [6.07, 6.45) is 2.37. The van der Waals surface area contributed by atoms with Crippen LogP contribution in [0, 0.1) is 0 Å². The first-order chi connectivity index (χ1) is 9.43. The summed E-state index contributed by atoms with van der Waals surface area (Å²) < 4.78 is 1.89. The van der Waals surface area contributed by atoms with Crippen LogP contribution in [0.1, 0.15) is 45.0 Å². The Morgan fingerprint density at radius 1 is 1.50 bits per heavy atom. The maximum Gasteiger partial charge on any atom is 0.323 e. The number of carbonyl (C=O) groups is 1. The van der Waals surface area contributed by atoms with Crippen molar-refractivity contribution in [2.24, 2.45) is 0 Å². The van der Waals surface area contributed by atoms with Crippen LogP contribution in [0.15, 0.2) is 0 Å². The molecule has 2 rings (SSSR count). The SMILES string of the molecule is CCc1nn(CC)c(CN2CCCC2(C)C(=O)O)c1Cl. The predicted molar refractivity (Wildman–Crippen MR) is 78.0 cm³/mol. The summed E-state index contributed by atoms with van der Waals surface area (Å²) in [7, 11) is 0. The summed E-state index contributed by atoms with van der Waals surface area (Å²) in [6.45, 7) is 7.91. The van der Waals surface area contributed by atoms with Crippen LogP contribution in [0.4, 0.5) is 0 Å². The van der Waals surface area contributed by atoms with Gasteiger partial charge in [-0.2, -0.15) is 5.10 Å². The molecule has 0 amide bonds. The number of aromatic nitrogens is 2. The number of likely N-dealkylation sites (tertiary alicyclic amines) is 1. The molecule has 1 aliphatic heterocycles. The second-order valence-electron chi connectivity index (χ2n) is 5.48. The average Bonchev–Trinajstić information content (AvgIpc) is 2.94. The zero-order valence-corrected chi connectivity index (χ0v) is 13.1. The third-order valence-corrected chi connectivity index (χ3v) is 4.72. The Bertz CT molecular complexity index is 515. The van der Waals surface area contributed by atoms with Crippen molar-refractivity contribution < 1.29 is 9.90 Å². The lowest BCUT2D eigenvalue weighted by molar-refractivity contribution is -0.149.